The van der Waals surface area contributed by atoms with Crippen LogP contribution in [0.5, 0.6) is 0 Å². The molecule has 2 heterocycles. The van der Waals surface area contributed by atoms with Crippen LogP contribution in [0.2, 0.25) is 0 Å². The lowest BCUT2D eigenvalue weighted by atomic mass is 9.93. The van der Waals surface area contributed by atoms with Crippen molar-refractivity contribution < 1.29 is 9.59 Å². The third-order valence-electron chi connectivity index (χ3n) is 8.19. The summed E-state index contributed by atoms with van der Waals surface area (Å²) in [6.07, 6.45) is 12.8. The first kappa shape index (κ1) is 25.0. The SMILES string of the molecule is O=C(C[C@H](CCN1CCCCC1)NC(=O)c1cc(-c2ccccc2)n(C2CCCC2)n1)NC1CCC1. The fraction of sp³-hybridized carbons (Fsp3) is 0.621. The normalized spacial score (nSPS) is 20.1. The van der Waals surface area contributed by atoms with Crippen molar-refractivity contribution in [2.75, 3.05) is 19.6 Å². The van der Waals surface area contributed by atoms with E-state index in [0.717, 1.165) is 63.0 Å². The summed E-state index contributed by atoms with van der Waals surface area (Å²) in [5.41, 5.74) is 2.53. The van der Waals surface area contributed by atoms with Crippen LogP contribution in [0.4, 0.5) is 0 Å². The van der Waals surface area contributed by atoms with E-state index in [1.165, 1.54) is 38.5 Å². The Morgan fingerprint density at radius 2 is 1.69 bits per heavy atom. The zero-order chi connectivity index (χ0) is 24.7. The lowest BCUT2D eigenvalue weighted by molar-refractivity contribution is -0.122. The number of carbonyl (C=O) groups excluding carboxylic acids is 2. The maximum atomic E-state index is 13.5. The highest BCUT2D eigenvalue weighted by molar-refractivity contribution is 5.94. The van der Waals surface area contributed by atoms with Gasteiger partial charge in [-0.15, -0.1) is 0 Å². The number of aromatic nitrogens is 2. The zero-order valence-electron chi connectivity index (χ0n) is 21.5. The van der Waals surface area contributed by atoms with E-state index < -0.39 is 0 Å². The minimum Gasteiger partial charge on any atom is -0.353 e. The van der Waals surface area contributed by atoms with Gasteiger partial charge in [0.05, 0.1) is 11.7 Å². The van der Waals surface area contributed by atoms with E-state index in [1.807, 2.05) is 24.3 Å². The number of benzene rings is 1. The first-order chi connectivity index (χ1) is 17.7. The second-order valence-electron chi connectivity index (χ2n) is 10.9. The van der Waals surface area contributed by atoms with E-state index in [4.69, 9.17) is 5.10 Å². The van der Waals surface area contributed by atoms with Crippen molar-refractivity contribution in [1.82, 2.24) is 25.3 Å². The molecule has 5 rings (SSSR count). The van der Waals surface area contributed by atoms with Crippen molar-refractivity contribution in [2.24, 2.45) is 0 Å². The first-order valence-electron chi connectivity index (χ1n) is 14.1. The van der Waals surface area contributed by atoms with Gasteiger partial charge in [-0.25, -0.2) is 0 Å². The lowest BCUT2D eigenvalue weighted by Crippen LogP contribution is -2.45. The quantitative estimate of drug-likeness (QED) is 0.505. The molecule has 1 aromatic heterocycles. The maximum absolute atomic E-state index is 13.5. The summed E-state index contributed by atoms with van der Waals surface area (Å²) < 4.78 is 2.07. The zero-order valence-corrected chi connectivity index (χ0v) is 21.5. The van der Waals surface area contributed by atoms with E-state index in [2.05, 4.69) is 32.3 Å². The Hall–Kier alpha value is -2.67. The van der Waals surface area contributed by atoms with Gasteiger partial charge in [0.2, 0.25) is 5.91 Å². The molecular formula is C29H41N5O2. The topological polar surface area (TPSA) is 79.3 Å². The molecule has 1 atom stereocenters. The number of hydrogen-bond acceptors (Lipinski definition) is 4. The molecule has 36 heavy (non-hydrogen) atoms. The molecule has 1 saturated heterocycles. The summed E-state index contributed by atoms with van der Waals surface area (Å²) in [7, 11) is 0. The van der Waals surface area contributed by atoms with Crippen LogP contribution in [0, 0.1) is 0 Å². The average Bonchev–Trinajstić information content (AvgIpc) is 3.56. The Bertz CT molecular complexity index is 1000. The fourth-order valence-corrected chi connectivity index (χ4v) is 5.83. The molecule has 2 amide bonds. The van der Waals surface area contributed by atoms with Crippen LogP contribution < -0.4 is 10.6 Å². The highest BCUT2D eigenvalue weighted by atomic mass is 16.2. The molecule has 3 aliphatic rings. The van der Waals surface area contributed by atoms with Crippen LogP contribution in [-0.2, 0) is 4.79 Å². The van der Waals surface area contributed by atoms with Crippen molar-refractivity contribution in [3.8, 4) is 11.3 Å². The number of amides is 2. The molecule has 7 heteroatoms. The van der Waals surface area contributed by atoms with E-state index in [0.29, 0.717) is 24.2 Å². The van der Waals surface area contributed by atoms with Gasteiger partial charge >= 0.3 is 0 Å². The van der Waals surface area contributed by atoms with Gasteiger partial charge < -0.3 is 15.5 Å². The molecule has 2 N–H and O–H groups in total. The van der Waals surface area contributed by atoms with Crippen molar-refractivity contribution in [3.63, 3.8) is 0 Å². The third-order valence-corrected chi connectivity index (χ3v) is 8.19. The molecule has 0 radical (unpaired) electrons. The number of carbonyl (C=O) groups is 2. The minimum absolute atomic E-state index is 0.0464. The number of nitrogens with one attached hydrogen (secondary N) is 2. The summed E-state index contributed by atoms with van der Waals surface area (Å²) in [4.78, 5) is 28.7. The minimum atomic E-state index is -0.198. The Kier molecular flexibility index (Phi) is 8.36. The standard InChI is InChI=1S/C29H41N5O2/c35-28(30-23-12-9-13-23)20-24(16-19-33-17-7-2-8-18-33)31-29(36)26-21-27(22-10-3-1-4-11-22)34(32-26)25-14-5-6-15-25/h1,3-4,10-11,21,23-25H,2,5-9,12-20H2,(H,30,35)(H,31,36)/t24-/m0/s1. The number of hydrogen-bond donors (Lipinski definition) is 2. The molecule has 2 saturated carbocycles. The Balaban J connectivity index is 1.30. The highest BCUT2D eigenvalue weighted by Crippen LogP contribution is 2.33. The van der Waals surface area contributed by atoms with E-state index in [1.54, 1.807) is 0 Å². The van der Waals surface area contributed by atoms with E-state index in [9.17, 15) is 9.59 Å². The lowest BCUT2D eigenvalue weighted by Gasteiger charge is -2.29. The summed E-state index contributed by atoms with van der Waals surface area (Å²) in [6, 6.07) is 12.6. The second-order valence-corrected chi connectivity index (χ2v) is 10.9. The van der Waals surface area contributed by atoms with Crippen molar-refractivity contribution >= 4 is 11.8 Å². The molecule has 0 spiro atoms. The smallest absolute Gasteiger partial charge is 0.272 e. The number of piperidine rings is 1. The Labute approximate surface area is 215 Å². The van der Waals surface area contributed by atoms with Crippen LogP contribution in [-0.4, -0.2) is 58.2 Å². The van der Waals surface area contributed by atoms with Crippen LogP contribution in [0.15, 0.2) is 36.4 Å². The highest BCUT2D eigenvalue weighted by Gasteiger charge is 2.27. The molecule has 2 aliphatic carbocycles. The molecule has 7 nitrogen and oxygen atoms in total. The van der Waals surface area contributed by atoms with Gasteiger partial charge in [0.25, 0.3) is 5.91 Å². The maximum Gasteiger partial charge on any atom is 0.272 e. The summed E-state index contributed by atoms with van der Waals surface area (Å²) in [5, 5.41) is 11.2. The van der Waals surface area contributed by atoms with Crippen molar-refractivity contribution in [3.05, 3.63) is 42.1 Å². The molecule has 1 aliphatic heterocycles. The average molecular weight is 492 g/mol. The Morgan fingerprint density at radius 3 is 2.39 bits per heavy atom. The summed E-state index contributed by atoms with van der Waals surface area (Å²) in [5.74, 6) is -0.130. The molecule has 194 valence electrons. The molecule has 0 bridgehead atoms. The molecule has 0 unspecified atom stereocenters. The molecular weight excluding hydrogens is 450 g/mol. The number of nitrogens with zero attached hydrogens (tertiary/aromatic N) is 3. The number of likely N-dealkylation sites (tertiary alicyclic amines) is 1. The van der Waals surface area contributed by atoms with E-state index in [-0.39, 0.29) is 17.9 Å². The fourth-order valence-electron chi connectivity index (χ4n) is 5.83. The number of rotatable bonds is 10. The summed E-state index contributed by atoms with van der Waals surface area (Å²) >= 11 is 0. The molecule has 2 aromatic rings. The Morgan fingerprint density at radius 1 is 0.944 bits per heavy atom. The van der Waals surface area contributed by atoms with Gasteiger partial charge in [-0.3, -0.25) is 14.3 Å². The van der Waals surface area contributed by atoms with Crippen molar-refractivity contribution in [1.29, 1.82) is 0 Å². The van der Waals surface area contributed by atoms with Gasteiger partial charge in [0, 0.05) is 25.0 Å². The predicted molar refractivity (Wildman–Crippen MR) is 142 cm³/mol. The van der Waals surface area contributed by atoms with Crippen molar-refractivity contribution in [2.45, 2.75) is 95.2 Å². The largest absolute Gasteiger partial charge is 0.353 e. The van der Waals surface area contributed by atoms with Crippen LogP contribution >= 0.6 is 0 Å². The molecule has 3 fully saturated rings. The van der Waals surface area contributed by atoms with Gasteiger partial charge in [-0.05, 0) is 76.1 Å². The first-order valence-corrected chi connectivity index (χ1v) is 14.1. The monoisotopic (exact) mass is 491 g/mol. The second kappa shape index (κ2) is 12.0. The van der Waals surface area contributed by atoms with Gasteiger partial charge in [-0.1, -0.05) is 49.6 Å². The van der Waals surface area contributed by atoms with Crippen LogP contribution in [0.1, 0.15) is 93.6 Å². The molecule has 1 aromatic carbocycles. The van der Waals surface area contributed by atoms with Crippen LogP contribution in [0.25, 0.3) is 11.3 Å². The van der Waals surface area contributed by atoms with Gasteiger partial charge in [0.15, 0.2) is 5.69 Å². The van der Waals surface area contributed by atoms with Gasteiger partial charge in [0.1, 0.15) is 0 Å². The predicted octanol–water partition coefficient (Wildman–Crippen LogP) is 4.70. The van der Waals surface area contributed by atoms with Gasteiger partial charge in [-0.2, -0.15) is 5.10 Å². The van der Waals surface area contributed by atoms with Crippen LogP contribution in [0.3, 0.4) is 0 Å². The summed E-state index contributed by atoms with van der Waals surface area (Å²) in [6.45, 7) is 3.13. The third kappa shape index (κ3) is 6.36. The van der Waals surface area contributed by atoms with E-state index >= 15 is 0 Å².